The number of nitrogens with one attached hydrogen (secondary N) is 1. The van der Waals surface area contributed by atoms with E-state index >= 15 is 0 Å². The summed E-state index contributed by atoms with van der Waals surface area (Å²) in [4.78, 5) is 24.9. The molecule has 0 unspecified atom stereocenters. The van der Waals surface area contributed by atoms with Crippen molar-refractivity contribution in [2.24, 2.45) is 0 Å². The van der Waals surface area contributed by atoms with Gasteiger partial charge in [-0.25, -0.2) is 0 Å². The van der Waals surface area contributed by atoms with E-state index in [1.807, 2.05) is 19.1 Å². The first-order valence-electron chi connectivity index (χ1n) is 5.87. The second kappa shape index (κ2) is 5.18. The number of aliphatic hydroxyl groups is 1. The Balaban J connectivity index is 1.85. The molecule has 96 valence electrons. The summed E-state index contributed by atoms with van der Waals surface area (Å²) in [6.45, 7) is 2.54. The molecule has 0 aliphatic carbocycles. The van der Waals surface area contributed by atoms with Crippen LogP contribution in [-0.4, -0.2) is 47.6 Å². The van der Waals surface area contributed by atoms with Crippen LogP contribution in [0.15, 0.2) is 24.3 Å². The summed E-state index contributed by atoms with van der Waals surface area (Å²) in [5, 5.41) is 11.7. The molecule has 0 aromatic heterocycles. The van der Waals surface area contributed by atoms with Crippen LogP contribution in [0.1, 0.15) is 15.9 Å². The number of aryl methyl sites for hydroxylation is 1. The van der Waals surface area contributed by atoms with Gasteiger partial charge in [-0.3, -0.25) is 9.59 Å². The van der Waals surface area contributed by atoms with Crippen molar-refractivity contribution in [1.29, 1.82) is 0 Å². The van der Waals surface area contributed by atoms with Crippen molar-refractivity contribution in [2.75, 3.05) is 19.6 Å². The molecule has 0 bridgehead atoms. The molecule has 1 fully saturated rings. The van der Waals surface area contributed by atoms with Crippen LogP contribution in [0.2, 0.25) is 0 Å². The summed E-state index contributed by atoms with van der Waals surface area (Å²) in [5.74, 6) is -0.412. The lowest BCUT2D eigenvalue weighted by molar-refractivity contribution is -0.140. The molecule has 0 spiro atoms. The van der Waals surface area contributed by atoms with Crippen molar-refractivity contribution in [3.8, 4) is 0 Å². The van der Waals surface area contributed by atoms with Crippen LogP contribution in [0.25, 0.3) is 0 Å². The van der Waals surface area contributed by atoms with Crippen LogP contribution in [0, 0.1) is 6.92 Å². The zero-order valence-electron chi connectivity index (χ0n) is 10.2. The number of carbonyl (C=O) groups is 2. The molecule has 2 rings (SSSR count). The van der Waals surface area contributed by atoms with Crippen molar-refractivity contribution in [2.45, 2.75) is 13.0 Å². The maximum atomic E-state index is 11.8. The summed E-state index contributed by atoms with van der Waals surface area (Å²) in [5.41, 5.74) is 1.45. The van der Waals surface area contributed by atoms with E-state index in [1.165, 1.54) is 4.90 Å². The fourth-order valence-corrected chi connectivity index (χ4v) is 1.85. The minimum atomic E-state index is -0.416. The first-order valence-corrected chi connectivity index (χ1v) is 5.87. The molecule has 1 aliphatic heterocycles. The lowest BCUT2D eigenvalue weighted by atomic mass is 10.1. The number of benzene rings is 1. The lowest BCUT2D eigenvalue weighted by Gasteiger charge is -2.35. The normalized spacial score (nSPS) is 15.1. The average molecular weight is 248 g/mol. The van der Waals surface area contributed by atoms with Crippen LogP contribution in [0.5, 0.6) is 0 Å². The van der Waals surface area contributed by atoms with E-state index in [-0.39, 0.29) is 18.4 Å². The molecular weight excluding hydrogens is 232 g/mol. The Hall–Kier alpha value is -1.88. The topological polar surface area (TPSA) is 69.6 Å². The van der Waals surface area contributed by atoms with Gasteiger partial charge in [0.2, 0.25) is 5.91 Å². The standard InChI is InChI=1S/C13H16N2O3/c1-9-4-2-3-5-11(9)13(18)14-6-12(17)15-7-10(16)8-15/h2-5,10,16H,6-8H2,1H3,(H,14,18). The highest BCUT2D eigenvalue weighted by Gasteiger charge is 2.28. The van der Waals surface area contributed by atoms with Crippen LogP contribution >= 0.6 is 0 Å². The third kappa shape index (κ3) is 2.68. The molecule has 0 atom stereocenters. The maximum Gasteiger partial charge on any atom is 0.251 e. The van der Waals surface area contributed by atoms with Gasteiger partial charge in [0, 0.05) is 18.7 Å². The molecule has 0 radical (unpaired) electrons. The number of aliphatic hydroxyl groups excluding tert-OH is 1. The Morgan fingerprint density at radius 2 is 2.06 bits per heavy atom. The molecule has 1 aromatic rings. The number of β-amino-alcohol motifs (C(OH)–C–C–N with tert-alkyl or cyclic N) is 1. The molecule has 0 saturated carbocycles. The summed E-state index contributed by atoms with van der Waals surface area (Å²) >= 11 is 0. The second-order valence-electron chi connectivity index (χ2n) is 4.45. The fourth-order valence-electron chi connectivity index (χ4n) is 1.85. The molecule has 2 amide bonds. The Labute approximate surface area is 105 Å². The van der Waals surface area contributed by atoms with Gasteiger partial charge in [-0.15, -0.1) is 0 Å². The molecule has 1 aliphatic rings. The van der Waals surface area contributed by atoms with E-state index < -0.39 is 6.10 Å². The molecule has 1 heterocycles. The third-order valence-electron chi connectivity index (χ3n) is 3.00. The SMILES string of the molecule is Cc1ccccc1C(=O)NCC(=O)N1CC(O)C1. The number of hydrogen-bond acceptors (Lipinski definition) is 3. The van der Waals surface area contributed by atoms with Gasteiger partial charge < -0.3 is 15.3 Å². The Morgan fingerprint density at radius 3 is 2.67 bits per heavy atom. The number of amides is 2. The number of hydrogen-bond donors (Lipinski definition) is 2. The van der Waals surface area contributed by atoms with Crippen molar-refractivity contribution >= 4 is 11.8 Å². The highest BCUT2D eigenvalue weighted by Crippen LogP contribution is 2.08. The zero-order valence-corrected chi connectivity index (χ0v) is 10.2. The monoisotopic (exact) mass is 248 g/mol. The van der Waals surface area contributed by atoms with Gasteiger partial charge in [-0.05, 0) is 18.6 Å². The molecule has 5 heteroatoms. The van der Waals surface area contributed by atoms with Gasteiger partial charge in [-0.1, -0.05) is 18.2 Å². The molecule has 5 nitrogen and oxygen atoms in total. The van der Waals surface area contributed by atoms with E-state index in [0.717, 1.165) is 5.56 Å². The number of likely N-dealkylation sites (tertiary alicyclic amines) is 1. The van der Waals surface area contributed by atoms with Gasteiger partial charge in [0.25, 0.3) is 5.91 Å². The summed E-state index contributed by atoms with van der Waals surface area (Å²) in [6, 6.07) is 7.22. The van der Waals surface area contributed by atoms with E-state index in [4.69, 9.17) is 5.11 Å². The average Bonchev–Trinajstić information content (AvgIpc) is 2.32. The van der Waals surface area contributed by atoms with E-state index in [0.29, 0.717) is 18.7 Å². The van der Waals surface area contributed by atoms with Crippen LogP contribution in [-0.2, 0) is 4.79 Å². The van der Waals surface area contributed by atoms with E-state index in [9.17, 15) is 9.59 Å². The Kier molecular flexibility index (Phi) is 3.62. The highest BCUT2D eigenvalue weighted by molar-refractivity contribution is 5.97. The van der Waals surface area contributed by atoms with Crippen molar-refractivity contribution in [3.63, 3.8) is 0 Å². The summed E-state index contributed by atoms with van der Waals surface area (Å²) in [7, 11) is 0. The summed E-state index contributed by atoms with van der Waals surface area (Å²) in [6.07, 6.45) is -0.416. The van der Waals surface area contributed by atoms with Crippen LogP contribution in [0.4, 0.5) is 0 Å². The number of nitrogens with zero attached hydrogens (tertiary/aromatic N) is 1. The largest absolute Gasteiger partial charge is 0.389 e. The second-order valence-corrected chi connectivity index (χ2v) is 4.45. The summed E-state index contributed by atoms with van der Waals surface area (Å²) < 4.78 is 0. The first kappa shape index (κ1) is 12.6. The van der Waals surface area contributed by atoms with E-state index in [2.05, 4.69) is 5.32 Å². The minimum Gasteiger partial charge on any atom is -0.389 e. The van der Waals surface area contributed by atoms with Gasteiger partial charge in [0.15, 0.2) is 0 Å². The Bertz CT molecular complexity index is 467. The quantitative estimate of drug-likeness (QED) is 0.786. The van der Waals surface area contributed by atoms with Crippen LogP contribution in [0.3, 0.4) is 0 Å². The number of carbonyl (C=O) groups excluding carboxylic acids is 2. The third-order valence-corrected chi connectivity index (χ3v) is 3.00. The van der Waals surface area contributed by atoms with E-state index in [1.54, 1.807) is 12.1 Å². The van der Waals surface area contributed by atoms with Gasteiger partial charge in [0.05, 0.1) is 12.6 Å². The first-order chi connectivity index (χ1) is 8.58. The molecule has 2 N–H and O–H groups in total. The minimum absolute atomic E-state index is 0.0279. The molecular formula is C13H16N2O3. The predicted molar refractivity (Wildman–Crippen MR) is 66.1 cm³/mol. The van der Waals surface area contributed by atoms with Gasteiger partial charge >= 0.3 is 0 Å². The van der Waals surface area contributed by atoms with Crippen molar-refractivity contribution in [3.05, 3.63) is 35.4 Å². The maximum absolute atomic E-state index is 11.8. The zero-order chi connectivity index (χ0) is 13.1. The number of rotatable bonds is 3. The Morgan fingerprint density at radius 1 is 1.39 bits per heavy atom. The lowest BCUT2D eigenvalue weighted by Crippen LogP contribution is -2.55. The predicted octanol–water partition coefficient (Wildman–Crippen LogP) is -0.0721. The molecule has 1 aromatic carbocycles. The fraction of sp³-hybridized carbons (Fsp3) is 0.385. The van der Waals surface area contributed by atoms with Crippen molar-refractivity contribution < 1.29 is 14.7 Å². The van der Waals surface area contributed by atoms with Gasteiger partial charge in [0.1, 0.15) is 0 Å². The smallest absolute Gasteiger partial charge is 0.251 e. The van der Waals surface area contributed by atoms with Crippen molar-refractivity contribution in [1.82, 2.24) is 10.2 Å². The van der Waals surface area contributed by atoms with Crippen LogP contribution < -0.4 is 5.32 Å². The van der Waals surface area contributed by atoms with Gasteiger partial charge in [-0.2, -0.15) is 0 Å². The highest BCUT2D eigenvalue weighted by atomic mass is 16.3. The molecule has 18 heavy (non-hydrogen) atoms. The molecule has 1 saturated heterocycles.